The number of rotatable bonds is 3. The number of carboxylic acids is 1. The maximum atomic E-state index is 12.2. The number of carboxylic acid groups (broad SMARTS) is 1. The highest BCUT2D eigenvalue weighted by molar-refractivity contribution is 5.95. The Morgan fingerprint density at radius 1 is 1.32 bits per heavy atom. The number of nitrogens with one attached hydrogen (secondary N) is 1. The van der Waals surface area contributed by atoms with Gasteiger partial charge in [-0.25, -0.2) is 0 Å². The normalized spacial score (nSPS) is 22.2. The third kappa shape index (κ3) is 2.89. The van der Waals surface area contributed by atoms with Crippen LogP contribution < -0.4 is 5.32 Å². The first kappa shape index (κ1) is 13.5. The Hall–Kier alpha value is -1.98. The molecule has 102 valence electrons. The third-order valence-electron chi connectivity index (χ3n) is 3.50. The summed E-state index contributed by atoms with van der Waals surface area (Å²) >= 11 is 0. The number of carbonyl (C=O) groups excluding carboxylic acids is 1. The summed E-state index contributed by atoms with van der Waals surface area (Å²) < 4.78 is 0. The molecule has 0 spiro atoms. The summed E-state index contributed by atoms with van der Waals surface area (Å²) in [6.45, 7) is 3.48. The lowest BCUT2D eigenvalue weighted by Gasteiger charge is -2.18. The van der Waals surface area contributed by atoms with E-state index in [9.17, 15) is 9.59 Å². The lowest BCUT2D eigenvalue weighted by Crippen LogP contribution is -2.40. The van der Waals surface area contributed by atoms with E-state index in [0.717, 1.165) is 6.42 Å². The monoisotopic (exact) mass is 263 g/mol. The van der Waals surface area contributed by atoms with E-state index < -0.39 is 11.9 Å². The van der Waals surface area contributed by atoms with E-state index in [4.69, 9.17) is 5.11 Å². The topological polar surface area (TPSA) is 92.2 Å². The van der Waals surface area contributed by atoms with Crippen LogP contribution >= 0.6 is 0 Å². The Kier molecular flexibility index (Phi) is 3.78. The van der Waals surface area contributed by atoms with E-state index in [1.54, 1.807) is 19.9 Å². The van der Waals surface area contributed by atoms with Gasteiger partial charge in [0.2, 0.25) is 0 Å². The highest BCUT2D eigenvalue weighted by Gasteiger charge is 2.34. The molecular formula is C13H17N3O3. The highest BCUT2D eigenvalue weighted by Crippen LogP contribution is 2.26. The molecule has 1 amide bonds. The fourth-order valence-corrected chi connectivity index (χ4v) is 2.45. The van der Waals surface area contributed by atoms with Crippen LogP contribution in [0.5, 0.6) is 0 Å². The minimum Gasteiger partial charge on any atom is -0.481 e. The third-order valence-corrected chi connectivity index (χ3v) is 3.50. The number of nitrogens with zero attached hydrogens (tertiary/aromatic N) is 2. The Morgan fingerprint density at radius 2 is 2.05 bits per heavy atom. The molecule has 19 heavy (non-hydrogen) atoms. The molecule has 0 aromatic carbocycles. The molecule has 1 aliphatic rings. The summed E-state index contributed by atoms with van der Waals surface area (Å²) in [7, 11) is 0. The van der Waals surface area contributed by atoms with Crippen molar-refractivity contribution in [2.24, 2.45) is 5.92 Å². The Balaban J connectivity index is 2.12. The maximum absolute atomic E-state index is 12.2. The van der Waals surface area contributed by atoms with Gasteiger partial charge in [-0.3, -0.25) is 9.59 Å². The molecule has 1 heterocycles. The van der Waals surface area contributed by atoms with Crippen LogP contribution in [0.1, 0.15) is 41.0 Å². The van der Waals surface area contributed by atoms with Crippen LogP contribution in [0, 0.1) is 19.8 Å². The lowest BCUT2D eigenvalue weighted by atomic mass is 10.0. The van der Waals surface area contributed by atoms with Crippen LogP contribution in [0.25, 0.3) is 0 Å². The van der Waals surface area contributed by atoms with Gasteiger partial charge < -0.3 is 10.4 Å². The van der Waals surface area contributed by atoms with Crippen molar-refractivity contribution in [3.8, 4) is 0 Å². The molecule has 6 nitrogen and oxygen atoms in total. The molecule has 2 N–H and O–H groups in total. The number of aryl methyl sites for hydroxylation is 2. The number of carbonyl (C=O) groups is 2. The van der Waals surface area contributed by atoms with Gasteiger partial charge >= 0.3 is 5.97 Å². The second-order valence-corrected chi connectivity index (χ2v) is 4.94. The largest absolute Gasteiger partial charge is 0.481 e. The molecule has 1 saturated carbocycles. The summed E-state index contributed by atoms with van der Waals surface area (Å²) in [5, 5.41) is 19.7. The summed E-state index contributed by atoms with van der Waals surface area (Å²) in [5.74, 6) is -1.60. The number of hydrogen-bond donors (Lipinski definition) is 2. The fourth-order valence-electron chi connectivity index (χ4n) is 2.45. The van der Waals surface area contributed by atoms with Crippen molar-refractivity contribution in [3.63, 3.8) is 0 Å². The minimum absolute atomic E-state index is 0.270. The predicted molar refractivity (Wildman–Crippen MR) is 67.7 cm³/mol. The number of aliphatic carboxylic acids is 1. The molecule has 1 fully saturated rings. The lowest BCUT2D eigenvalue weighted by molar-refractivity contribution is -0.142. The van der Waals surface area contributed by atoms with Crippen LogP contribution in [0.15, 0.2) is 6.07 Å². The van der Waals surface area contributed by atoms with Crippen molar-refractivity contribution < 1.29 is 14.7 Å². The van der Waals surface area contributed by atoms with Gasteiger partial charge in [0.1, 0.15) is 0 Å². The smallest absolute Gasteiger partial charge is 0.308 e. The molecule has 0 radical (unpaired) electrons. The van der Waals surface area contributed by atoms with Crippen LogP contribution in [0.2, 0.25) is 0 Å². The van der Waals surface area contributed by atoms with Crippen molar-refractivity contribution in [2.75, 3.05) is 0 Å². The second-order valence-electron chi connectivity index (χ2n) is 4.94. The van der Waals surface area contributed by atoms with E-state index in [-0.39, 0.29) is 11.9 Å². The van der Waals surface area contributed by atoms with E-state index in [2.05, 4.69) is 15.5 Å². The fraction of sp³-hybridized carbons (Fsp3) is 0.538. The molecular weight excluding hydrogens is 246 g/mol. The number of amides is 1. The first-order valence-corrected chi connectivity index (χ1v) is 6.33. The molecule has 0 aliphatic heterocycles. The summed E-state index contributed by atoms with van der Waals surface area (Å²) in [5.41, 5.74) is 1.67. The zero-order valence-corrected chi connectivity index (χ0v) is 11.0. The van der Waals surface area contributed by atoms with Crippen LogP contribution in [-0.4, -0.2) is 33.2 Å². The van der Waals surface area contributed by atoms with Gasteiger partial charge in [-0.05, 0) is 32.8 Å². The standard InChI is InChI=1S/C13H17N3O3/c1-7-6-10(8(2)16-15-7)12(17)14-11-5-3-4-9(11)13(18)19/h6,9,11H,3-5H2,1-2H3,(H,14,17)(H,18,19). The first-order chi connectivity index (χ1) is 8.99. The number of aromatic nitrogens is 2. The Labute approximate surface area is 111 Å². The quantitative estimate of drug-likeness (QED) is 0.851. The first-order valence-electron chi connectivity index (χ1n) is 6.33. The van der Waals surface area contributed by atoms with E-state index in [1.165, 1.54) is 0 Å². The summed E-state index contributed by atoms with van der Waals surface area (Å²) in [6, 6.07) is 1.38. The second kappa shape index (κ2) is 5.34. The van der Waals surface area contributed by atoms with Crippen molar-refractivity contribution in [3.05, 3.63) is 23.0 Å². The molecule has 6 heteroatoms. The molecule has 0 bridgehead atoms. The maximum Gasteiger partial charge on any atom is 0.308 e. The van der Waals surface area contributed by atoms with Gasteiger partial charge in [0.25, 0.3) is 5.91 Å². The summed E-state index contributed by atoms with van der Waals surface area (Å²) in [6.07, 6.45) is 2.15. The molecule has 1 aromatic rings. The molecule has 1 aliphatic carbocycles. The molecule has 2 atom stereocenters. The van der Waals surface area contributed by atoms with Crippen molar-refractivity contribution in [1.82, 2.24) is 15.5 Å². The predicted octanol–water partition coefficient (Wildman–Crippen LogP) is 1.08. The zero-order chi connectivity index (χ0) is 14.0. The minimum atomic E-state index is -0.844. The van der Waals surface area contributed by atoms with Gasteiger partial charge in [0, 0.05) is 6.04 Å². The SMILES string of the molecule is Cc1cc(C(=O)NC2CCCC2C(=O)O)c(C)nn1. The average Bonchev–Trinajstić information content (AvgIpc) is 2.80. The Bertz CT molecular complexity index is 516. The molecule has 1 aromatic heterocycles. The van der Waals surface area contributed by atoms with Crippen LogP contribution in [0.3, 0.4) is 0 Å². The van der Waals surface area contributed by atoms with E-state index in [0.29, 0.717) is 29.8 Å². The van der Waals surface area contributed by atoms with Gasteiger partial charge in [0.05, 0.1) is 22.9 Å². The molecule has 0 saturated heterocycles. The molecule has 2 unspecified atom stereocenters. The average molecular weight is 263 g/mol. The zero-order valence-electron chi connectivity index (χ0n) is 11.0. The van der Waals surface area contributed by atoms with Crippen LogP contribution in [0.4, 0.5) is 0 Å². The van der Waals surface area contributed by atoms with Crippen molar-refractivity contribution in [2.45, 2.75) is 39.2 Å². The van der Waals surface area contributed by atoms with E-state index >= 15 is 0 Å². The van der Waals surface area contributed by atoms with Gasteiger partial charge in [-0.15, -0.1) is 0 Å². The van der Waals surface area contributed by atoms with Gasteiger partial charge in [0.15, 0.2) is 0 Å². The molecule has 2 rings (SSSR count). The van der Waals surface area contributed by atoms with Crippen molar-refractivity contribution in [1.29, 1.82) is 0 Å². The van der Waals surface area contributed by atoms with Gasteiger partial charge in [-0.2, -0.15) is 10.2 Å². The highest BCUT2D eigenvalue weighted by atomic mass is 16.4. The van der Waals surface area contributed by atoms with E-state index in [1.807, 2.05) is 0 Å². The van der Waals surface area contributed by atoms with Crippen LogP contribution in [-0.2, 0) is 4.79 Å². The van der Waals surface area contributed by atoms with Gasteiger partial charge in [-0.1, -0.05) is 6.42 Å². The van der Waals surface area contributed by atoms with Crippen molar-refractivity contribution >= 4 is 11.9 Å². The number of hydrogen-bond acceptors (Lipinski definition) is 4. The Morgan fingerprint density at radius 3 is 2.74 bits per heavy atom. The summed E-state index contributed by atoms with van der Waals surface area (Å²) in [4.78, 5) is 23.2.